The van der Waals surface area contributed by atoms with Crippen LogP contribution in [0.25, 0.3) is 116 Å². The fourth-order valence-electron chi connectivity index (χ4n) is 10.3. The van der Waals surface area contributed by atoms with Crippen molar-refractivity contribution in [3.05, 3.63) is 237 Å². The van der Waals surface area contributed by atoms with E-state index in [-0.39, 0.29) is 0 Å². The lowest BCUT2D eigenvalue weighted by atomic mass is 9.97. The van der Waals surface area contributed by atoms with Crippen LogP contribution in [0, 0.1) is 0 Å². The monoisotopic (exact) mass is 801 g/mol. The van der Waals surface area contributed by atoms with Crippen molar-refractivity contribution >= 4 is 65.4 Å². The van der Waals surface area contributed by atoms with Crippen LogP contribution in [-0.4, -0.2) is 13.7 Å². The number of rotatable bonds is 6. The third-order valence-corrected chi connectivity index (χ3v) is 13.0. The maximum Gasteiger partial charge on any atom is 0.0641 e. The third-order valence-electron chi connectivity index (χ3n) is 13.0. The molecule has 0 aliphatic carbocycles. The molecule has 3 nitrogen and oxygen atoms in total. The lowest BCUT2D eigenvalue weighted by Crippen LogP contribution is -1.99. The van der Waals surface area contributed by atoms with Gasteiger partial charge in [-0.05, 0) is 82.9 Å². The standard InChI is InChI=1S/C60H39N3/c1-4-18-40(19-5-1)42-32-34-46(41-20-6-2-7-21-41)58(39-42)62-53-29-15-12-26-48(53)51-38-43(33-36-56(51)62)45-24-10-14-28-52(45)63-54-30-16-11-25-47(54)49-35-37-57-59(60(49)63)50-27-13-17-31-55(50)61(57)44-22-8-3-9-23-44/h1-39H. The summed E-state index contributed by atoms with van der Waals surface area (Å²) in [6.45, 7) is 0. The van der Waals surface area contributed by atoms with E-state index in [1.165, 1.54) is 98.8 Å². The van der Waals surface area contributed by atoms with E-state index < -0.39 is 0 Å². The molecule has 0 amide bonds. The number of nitrogens with zero attached hydrogens (tertiary/aromatic N) is 3. The van der Waals surface area contributed by atoms with Crippen LogP contribution < -0.4 is 0 Å². The van der Waals surface area contributed by atoms with Crippen molar-refractivity contribution in [2.75, 3.05) is 0 Å². The van der Waals surface area contributed by atoms with Gasteiger partial charge in [0.1, 0.15) is 0 Å². The van der Waals surface area contributed by atoms with Gasteiger partial charge in [0.2, 0.25) is 0 Å². The molecule has 0 fully saturated rings. The molecule has 0 spiro atoms. The van der Waals surface area contributed by atoms with Gasteiger partial charge >= 0.3 is 0 Å². The van der Waals surface area contributed by atoms with Crippen molar-refractivity contribution < 1.29 is 0 Å². The first-order valence-electron chi connectivity index (χ1n) is 21.7. The van der Waals surface area contributed by atoms with Crippen LogP contribution in [-0.2, 0) is 0 Å². The van der Waals surface area contributed by atoms with E-state index >= 15 is 0 Å². The number of benzene rings is 10. The molecule has 0 saturated heterocycles. The summed E-state index contributed by atoms with van der Waals surface area (Å²) in [5, 5.41) is 7.42. The Labute approximate surface area is 364 Å². The van der Waals surface area contributed by atoms with E-state index in [9.17, 15) is 0 Å². The molecular weight excluding hydrogens is 763 g/mol. The molecule has 0 aliphatic rings. The van der Waals surface area contributed by atoms with Crippen molar-refractivity contribution in [3.8, 4) is 50.4 Å². The summed E-state index contributed by atoms with van der Waals surface area (Å²) in [5.74, 6) is 0. The molecule has 0 bridgehead atoms. The normalized spacial score (nSPS) is 11.8. The quantitative estimate of drug-likeness (QED) is 0.159. The van der Waals surface area contributed by atoms with Crippen molar-refractivity contribution in [2.45, 2.75) is 0 Å². The van der Waals surface area contributed by atoms with Gasteiger partial charge in [-0.3, -0.25) is 0 Å². The average molecular weight is 802 g/mol. The molecule has 0 aliphatic heterocycles. The maximum atomic E-state index is 2.53. The minimum Gasteiger partial charge on any atom is -0.309 e. The molecular formula is C60H39N3. The molecule has 3 heteroatoms. The Bertz CT molecular complexity index is 3890. The van der Waals surface area contributed by atoms with Gasteiger partial charge in [0.05, 0.1) is 44.5 Å². The third kappa shape index (κ3) is 5.40. The molecule has 13 aromatic rings. The highest BCUT2D eigenvalue weighted by atomic mass is 15.0. The van der Waals surface area contributed by atoms with Crippen LogP contribution in [0.1, 0.15) is 0 Å². The number of aromatic nitrogens is 3. The Hall–Kier alpha value is -8.40. The molecule has 0 N–H and O–H groups in total. The maximum absolute atomic E-state index is 2.53. The summed E-state index contributed by atoms with van der Waals surface area (Å²) >= 11 is 0. The first-order chi connectivity index (χ1) is 31.3. The minimum absolute atomic E-state index is 1.15. The van der Waals surface area contributed by atoms with Crippen LogP contribution in [0.15, 0.2) is 237 Å². The van der Waals surface area contributed by atoms with E-state index in [4.69, 9.17) is 0 Å². The smallest absolute Gasteiger partial charge is 0.0641 e. The zero-order chi connectivity index (χ0) is 41.4. The summed E-state index contributed by atoms with van der Waals surface area (Å²) in [6.07, 6.45) is 0. The molecule has 3 aromatic heterocycles. The Balaban J connectivity index is 1.07. The van der Waals surface area contributed by atoms with Gasteiger partial charge in [0, 0.05) is 49.1 Å². The lowest BCUT2D eigenvalue weighted by molar-refractivity contribution is 1.17. The number of hydrogen-bond donors (Lipinski definition) is 0. The summed E-state index contributed by atoms with van der Waals surface area (Å²) in [6, 6.07) is 86.4. The second kappa shape index (κ2) is 14.1. The van der Waals surface area contributed by atoms with Crippen LogP contribution >= 0.6 is 0 Å². The average Bonchev–Trinajstić information content (AvgIpc) is 4.00. The highest BCUT2D eigenvalue weighted by molar-refractivity contribution is 6.26. The Kier molecular flexibility index (Phi) is 7.91. The van der Waals surface area contributed by atoms with Crippen molar-refractivity contribution in [1.82, 2.24) is 13.7 Å². The van der Waals surface area contributed by atoms with Gasteiger partial charge in [0.15, 0.2) is 0 Å². The number of para-hydroxylation sites is 5. The van der Waals surface area contributed by atoms with Gasteiger partial charge < -0.3 is 13.7 Å². The molecule has 0 saturated carbocycles. The molecule has 0 radical (unpaired) electrons. The molecule has 3 heterocycles. The Morgan fingerprint density at radius 2 is 0.762 bits per heavy atom. The number of fused-ring (bicyclic) bond motifs is 10. The molecule has 10 aromatic carbocycles. The first-order valence-corrected chi connectivity index (χ1v) is 21.7. The minimum atomic E-state index is 1.15. The van der Waals surface area contributed by atoms with Gasteiger partial charge in [-0.25, -0.2) is 0 Å². The largest absolute Gasteiger partial charge is 0.309 e. The molecule has 63 heavy (non-hydrogen) atoms. The summed E-state index contributed by atoms with van der Waals surface area (Å²) in [7, 11) is 0. The highest BCUT2D eigenvalue weighted by Crippen LogP contribution is 2.45. The Morgan fingerprint density at radius 3 is 1.51 bits per heavy atom. The van der Waals surface area contributed by atoms with Gasteiger partial charge in [-0.1, -0.05) is 176 Å². The predicted octanol–water partition coefficient (Wildman–Crippen LogP) is 16.0. The van der Waals surface area contributed by atoms with E-state index in [1.54, 1.807) is 0 Å². The molecule has 0 atom stereocenters. The fourth-order valence-corrected chi connectivity index (χ4v) is 10.3. The van der Waals surface area contributed by atoms with E-state index in [0.29, 0.717) is 0 Å². The van der Waals surface area contributed by atoms with Gasteiger partial charge in [0.25, 0.3) is 0 Å². The van der Waals surface area contributed by atoms with Crippen LogP contribution in [0.4, 0.5) is 0 Å². The van der Waals surface area contributed by atoms with E-state index in [0.717, 1.165) is 17.1 Å². The summed E-state index contributed by atoms with van der Waals surface area (Å²) in [5.41, 5.74) is 17.7. The molecule has 0 unspecified atom stereocenters. The predicted molar refractivity (Wildman–Crippen MR) is 266 cm³/mol. The van der Waals surface area contributed by atoms with Gasteiger partial charge in [-0.15, -0.1) is 0 Å². The SMILES string of the molecule is c1ccc(-c2ccc(-c3ccccc3)c(-n3c4ccccc4c4cc(-c5ccccc5-n5c6ccccc6c6ccc7c(c8ccccc8n7-c7ccccc7)c65)ccc43)c2)cc1. The van der Waals surface area contributed by atoms with Crippen LogP contribution in [0.3, 0.4) is 0 Å². The van der Waals surface area contributed by atoms with E-state index in [1.807, 2.05) is 0 Å². The number of hydrogen-bond acceptors (Lipinski definition) is 0. The molecule has 294 valence electrons. The Morgan fingerprint density at radius 1 is 0.238 bits per heavy atom. The first kappa shape index (κ1) is 35.4. The lowest BCUT2D eigenvalue weighted by Gasteiger charge is -2.17. The van der Waals surface area contributed by atoms with Crippen LogP contribution in [0.2, 0.25) is 0 Å². The summed E-state index contributed by atoms with van der Waals surface area (Å²) < 4.78 is 7.42. The topological polar surface area (TPSA) is 14.8 Å². The van der Waals surface area contributed by atoms with Crippen LogP contribution in [0.5, 0.6) is 0 Å². The van der Waals surface area contributed by atoms with Crippen molar-refractivity contribution in [2.24, 2.45) is 0 Å². The second-order valence-electron chi connectivity index (χ2n) is 16.5. The highest BCUT2D eigenvalue weighted by Gasteiger charge is 2.23. The fraction of sp³-hybridized carbons (Fsp3) is 0. The van der Waals surface area contributed by atoms with Crippen molar-refractivity contribution in [3.63, 3.8) is 0 Å². The second-order valence-corrected chi connectivity index (χ2v) is 16.5. The zero-order valence-electron chi connectivity index (χ0n) is 34.4. The molecule has 13 rings (SSSR count). The van der Waals surface area contributed by atoms with Gasteiger partial charge in [-0.2, -0.15) is 0 Å². The zero-order valence-corrected chi connectivity index (χ0v) is 34.4. The van der Waals surface area contributed by atoms with Crippen molar-refractivity contribution in [1.29, 1.82) is 0 Å². The summed E-state index contributed by atoms with van der Waals surface area (Å²) in [4.78, 5) is 0. The van der Waals surface area contributed by atoms with E-state index in [2.05, 4.69) is 250 Å².